The van der Waals surface area contributed by atoms with Crippen LogP contribution in [0.2, 0.25) is 0 Å². The standard InChI is InChI=1S/C28H35NO5S/c1-28(2,27(33)21(19-29)12-6-4-5-7-16-26(32)34-3)25(31)15-10-13-22(30)18-23-17-20-11-8-9-14-24(20)35-23/h4,6,8-11,13-14,17,21-22,25,30-31H,5,7,12,15-16,18H2,1-3H3/b6-4-,13-10+/t21-,22?,25+/m1/s1. The second-order valence-corrected chi connectivity index (χ2v) is 10.3. The highest BCUT2D eigenvalue weighted by Gasteiger charge is 2.38. The van der Waals surface area contributed by atoms with E-state index in [4.69, 9.17) is 0 Å². The van der Waals surface area contributed by atoms with Crippen LogP contribution in [0.5, 0.6) is 0 Å². The van der Waals surface area contributed by atoms with Gasteiger partial charge in [0.2, 0.25) is 0 Å². The van der Waals surface area contributed by atoms with Gasteiger partial charge in [-0.25, -0.2) is 0 Å². The Labute approximate surface area is 211 Å². The first-order valence-electron chi connectivity index (χ1n) is 11.8. The van der Waals surface area contributed by atoms with Crippen LogP contribution >= 0.6 is 11.3 Å². The highest BCUT2D eigenvalue weighted by atomic mass is 32.1. The third-order valence-electron chi connectivity index (χ3n) is 6.06. The fraction of sp³-hybridized carbons (Fsp3) is 0.464. The number of unbranched alkanes of at least 4 members (excludes halogenated alkanes) is 1. The van der Waals surface area contributed by atoms with Gasteiger partial charge < -0.3 is 14.9 Å². The molecule has 0 aliphatic carbocycles. The van der Waals surface area contributed by atoms with Crippen molar-refractivity contribution in [2.45, 2.75) is 64.6 Å². The summed E-state index contributed by atoms with van der Waals surface area (Å²) in [6.07, 6.45) is 7.85. The Morgan fingerprint density at radius 2 is 1.91 bits per heavy atom. The van der Waals surface area contributed by atoms with Crippen molar-refractivity contribution >= 4 is 33.2 Å². The van der Waals surface area contributed by atoms with Crippen LogP contribution in [-0.4, -0.2) is 41.3 Å². The number of hydrogen-bond acceptors (Lipinski definition) is 7. The van der Waals surface area contributed by atoms with Crippen molar-refractivity contribution in [2.75, 3.05) is 7.11 Å². The zero-order valence-corrected chi connectivity index (χ0v) is 21.5. The number of allylic oxidation sites excluding steroid dienone is 2. The Balaban J connectivity index is 1.84. The van der Waals surface area contributed by atoms with Gasteiger partial charge in [-0.15, -0.1) is 11.3 Å². The highest BCUT2D eigenvalue weighted by molar-refractivity contribution is 7.19. The molecule has 1 aromatic heterocycles. The first-order chi connectivity index (χ1) is 16.7. The number of nitrogens with zero attached hydrogens (tertiary/aromatic N) is 1. The molecule has 0 saturated carbocycles. The molecule has 0 aliphatic heterocycles. The van der Waals surface area contributed by atoms with Gasteiger partial charge in [-0.1, -0.05) is 56.4 Å². The van der Waals surface area contributed by atoms with Gasteiger partial charge in [0.1, 0.15) is 5.92 Å². The number of carbonyl (C=O) groups excluding carboxylic acids is 2. The third-order valence-corrected chi connectivity index (χ3v) is 7.20. The molecule has 35 heavy (non-hydrogen) atoms. The molecule has 0 spiro atoms. The number of ether oxygens (including phenoxy) is 1. The molecule has 0 aliphatic rings. The van der Waals surface area contributed by atoms with Crippen LogP contribution in [0, 0.1) is 22.7 Å². The summed E-state index contributed by atoms with van der Waals surface area (Å²) < 4.78 is 5.77. The Morgan fingerprint density at radius 1 is 1.17 bits per heavy atom. The molecule has 0 saturated heterocycles. The molecule has 1 unspecified atom stereocenters. The van der Waals surface area contributed by atoms with Crippen LogP contribution in [0.25, 0.3) is 10.1 Å². The van der Waals surface area contributed by atoms with Gasteiger partial charge in [-0.2, -0.15) is 5.26 Å². The van der Waals surface area contributed by atoms with Crippen LogP contribution in [0.15, 0.2) is 54.6 Å². The quantitative estimate of drug-likeness (QED) is 0.213. The summed E-state index contributed by atoms with van der Waals surface area (Å²) in [5.74, 6) is -1.44. The second kappa shape index (κ2) is 13.9. The van der Waals surface area contributed by atoms with Gasteiger partial charge in [-0.05, 0) is 43.2 Å². The van der Waals surface area contributed by atoms with E-state index in [-0.39, 0.29) is 24.6 Å². The van der Waals surface area contributed by atoms with Crippen molar-refractivity contribution in [3.05, 3.63) is 59.5 Å². The molecule has 0 fully saturated rings. The number of nitriles is 1. The van der Waals surface area contributed by atoms with Gasteiger partial charge in [0.25, 0.3) is 0 Å². The van der Waals surface area contributed by atoms with Crippen LogP contribution in [0.3, 0.4) is 0 Å². The van der Waals surface area contributed by atoms with Crippen molar-refractivity contribution in [2.24, 2.45) is 11.3 Å². The molecule has 7 heteroatoms. The summed E-state index contributed by atoms with van der Waals surface area (Å²) in [5, 5.41) is 31.7. The molecule has 6 nitrogen and oxygen atoms in total. The monoisotopic (exact) mass is 497 g/mol. The summed E-state index contributed by atoms with van der Waals surface area (Å²) in [6.45, 7) is 3.29. The number of carbonyl (C=O) groups is 2. The number of hydrogen-bond donors (Lipinski definition) is 2. The maximum Gasteiger partial charge on any atom is 0.305 e. The number of thiophene rings is 1. The van der Waals surface area contributed by atoms with Crippen LogP contribution in [0.4, 0.5) is 0 Å². The zero-order valence-electron chi connectivity index (χ0n) is 20.6. The number of esters is 1. The van der Waals surface area contributed by atoms with E-state index < -0.39 is 23.5 Å². The van der Waals surface area contributed by atoms with E-state index in [9.17, 15) is 25.1 Å². The molecule has 2 aromatic rings. The predicted molar refractivity (Wildman–Crippen MR) is 139 cm³/mol. The average Bonchev–Trinajstić information content (AvgIpc) is 3.25. The van der Waals surface area contributed by atoms with E-state index in [0.29, 0.717) is 25.7 Å². The molecular weight excluding hydrogens is 462 g/mol. The smallest absolute Gasteiger partial charge is 0.305 e. The molecule has 0 amide bonds. The average molecular weight is 498 g/mol. The normalized spacial score (nSPS) is 14.7. The molecule has 188 valence electrons. The van der Waals surface area contributed by atoms with Crippen molar-refractivity contribution < 1.29 is 24.5 Å². The maximum absolute atomic E-state index is 13.0. The van der Waals surface area contributed by atoms with E-state index in [0.717, 1.165) is 10.3 Å². The number of fused-ring (bicyclic) bond motifs is 1. The molecular formula is C28H35NO5S. The Kier molecular flexibility index (Phi) is 11.3. The lowest BCUT2D eigenvalue weighted by molar-refractivity contribution is -0.140. The minimum atomic E-state index is -1.11. The lowest BCUT2D eigenvalue weighted by Crippen LogP contribution is -2.40. The van der Waals surface area contributed by atoms with Crippen LogP contribution in [-0.2, 0) is 20.7 Å². The van der Waals surface area contributed by atoms with Crippen molar-refractivity contribution in [3.8, 4) is 6.07 Å². The number of methoxy groups -OCH3 is 1. The summed E-state index contributed by atoms with van der Waals surface area (Å²) in [5.41, 5.74) is -1.11. The maximum atomic E-state index is 13.0. The lowest BCUT2D eigenvalue weighted by Gasteiger charge is -2.30. The van der Waals surface area contributed by atoms with Gasteiger partial charge >= 0.3 is 5.97 Å². The predicted octanol–water partition coefficient (Wildman–Crippen LogP) is 5.14. The first kappa shape index (κ1) is 28.4. The molecule has 2 rings (SSSR count). The van der Waals surface area contributed by atoms with E-state index in [2.05, 4.69) is 22.9 Å². The minimum absolute atomic E-state index is 0.198. The second-order valence-electron chi connectivity index (χ2n) is 9.14. The fourth-order valence-corrected chi connectivity index (χ4v) is 4.83. The van der Waals surface area contributed by atoms with Gasteiger partial charge in [0, 0.05) is 22.4 Å². The van der Waals surface area contributed by atoms with Crippen molar-refractivity contribution in [1.29, 1.82) is 5.26 Å². The Morgan fingerprint density at radius 3 is 2.60 bits per heavy atom. The molecule has 2 N–H and O–H groups in total. The number of Topliss-reactive ketones (excluding diaryl/α,β-unsaturated/α-hetero) is 1. The van der Waals surface area contributed by atoms with E-state index in [1.54, 1.807) is 43.4 Å². The lowest BCUT2D eigenvalue weighted by atomic mass is 9.75. The Bertz CT molecular complexity index is 1050. The molecule has 0 radical (unpaired) electrons. The minimum Gasteiger partial charge on any atom is -0.469 e. The number of aliphatic hydroxyl groups excluding tert-OH is 2. The number of rotatable bonds is 14. The zero-order chi connectivity index (χ0) is 25.8. The van der Waals surface area contributed by atoms with Gasteiger partial charge in [-0.3, -0.25) is 9.59 Å². The topological polar surface area (TPSA) is 108 Å². The van der Waals surface area contributed by atoms with Crippen LogP contribution in [0.1, 0.15) is 50.8 Å². The first-order valence-corrected chi connectivity index (χ1v) is 12.7. The molecule has 0 bridgehead atoms. The molecule has 1 heterocycles. The number of aliphatic hydroxyl groups is 2. The summed E-state index contributed by atoms with van der Waals surface area (Å²) >= 11 is 1.65. The highest BCUT2D eigenvalue weighted by Crippen LogP contribution is 2.30. The number of benzene rings is 1. The van der Waals surface area contributed by atoms with Crippen molar-refractivity contribution in [3.63, 3.8) is 0 Å². The summed E-state index contributed by atoms with van der Waals surface area (Å²) in [7, 11) is 1.35. The van der Waals surface area contributed by atoms with E-state index >= 15 is 0 Å². The van der Waals surface area contributed by atoms with Crippen molar-refractivity contribution in [1.82, 2.24) is 0 Å². The van der Waals surface area contributed by atoms with E-state index in [1.165, 1.54) is 11.8 Å². The SMILES string of the molecule is COC(=O)CCC/C=C\C[C@H](C#N)C(=O)C(C)(C)[C@@H](O)C/C=C/C(O)Cc1cc2ccccc2s1. The van der Waals surface area contributed by atoms with E-state index in [1.807, 2.05) is 24.3 Å². The van der Waals surface area contributed by atoms with Gasteiger partial charge in [0.15, 0.2) is 5.78 Å². The largest absolute Gasteiger partial charge is 0.469 e. The molecule has 3 atom stereocenters. The fourth-order valence-electron chi connectivity index (χ4n) is 3.72. The summed E-state index contributed by atoms with van der Waals surface area (Å²) in [6, 6.07) is 12.2. The van der Waals surface area contributed by atoms with Crippen LogP contribution < -0.4 is 0 Å². The summed E-state index contributed by atoms with van der Waals surface area (Å²) in [4.78, 5) is 25.2. The molecule has 1 aromatic carbocycles. The van der Waals surface area contributed by atoms with Gasteiger partial charge in [0.05, 0.1) is 30.8 Å². The third kappa shape index (κ3) is 8.74. The number of ketones is 1. The Hall–Kier alpha value is -2.79.